The molecule has 0 aliphatic carbocycles. The second-order valence-electron chi connectivity index (χ2n) is 6.97. The highest BCUT2D eigenvalue weighted by Gasteiger charge is 2.37. The second kappa shape index (κ2) is 8.54. The fourth-order valence-electron chi connectivity index (χ4n) is 3.37. The minimum atomic E-state index is -1.70. The molecule has 2 aromatic carbocycles. The number of nitrogens with two attached hydrogens (primary N) is 1. The van der Waals surface area contributed by atoms with Crippen molar-refractivity contribution in [2.75, 3.05) is 0 Å². The predicted molar refractivity (Wildman–Crippen MR) is 116 cm³/mol. The third-order valence-electron chi connectivity index (χ3n) is 4.91. The zero-order chi connectivity index (χ0) is 22.0. The molecule has 5 nitrogen and oxygen atoms in total. The van der Waals surface area contributed by atoms with E-state index in [0.29, 0.717) is 21.1 Å². The molecule has 0 amide bonds. The maximum atomic E-state index is 13.8. The summed E-state index contributed by atoms with van der Waals surface area (Å²) in [7, 11) is -1.70. The van der Waals surface area contributed by atoms with Gasteiger partial charge in [0, 0.05) is 11.1 Å². The molecule has 4 rings (SSSR count). The van der Waals surface area contributed by atoms with Crippen LogP contribution in [-0.2, 0) is 15.5 Å². The van der Waals surface area contributed by atoms with Crippen LogP contribution in [0, 0.1) is 24.1 Å². The van der Waals surface area contributed by atoms with E-state index in [1.54, 1.807) is 48.7 Å². The van der Waals surface area contributed by atoms with Gasteiger partial charge in [-0.05, 0) is 48.9 Å². The normalized spacial score (nSPS) is 17.1. The number of aryl methyl sites for hydroxylation is 1. The monoisotopic (exact) mass is 431 g/mol. The molecule has 0 spiro atoms. The smallest absolute Gasteiger partial charge is 0.205 e. The van der Waals surface area contributed by atoms with Gasteiger partial charge in [0.1, 0.15) is 23.2 Å². The summed E-state index contributed by atoms with van der Waals surface area (Å²) in [4.78, 5) is 5.21. The standard InChI is InChI=1S/C24H18FN3O2S/c1-15-5-11-18(12-6-15)31(29)23-21(16-7-9-17(25)10-8-16)19(14-26)24(27)30-22(23)20-4-2-3-13-28-20/h2-13,21H,27H2,1H3/t21-,31+/m0/s1. The predicted octanol–water partition coefficient (Wildman–Crippen LogP) is 4.51. The minimum Gasteiger partial charge on any atom is -0.437 e. The number of ether oxygens (including phenoxy) is 1. The van der Waals surface area contributed by atoms with Crippen molar-refractivity contribution in [3.63, 3.8) is 0 Å². The van der Waals surface area contributed by atoms with Crippen molar-refractivity contribution in [2.45, 2.75) is 17.7 Å². The summed E-state index contributed by atoms with van der Waals surface area (Å²) < 4.78 is 33.2. The topological polar surface area (TPSA) is 89.0 Å². The van der Waals surface area contributed by atoms with E-state index in [0.717, 1.165) is 5.56 Å². The number of allylic oxidation sites excluding steroid dienone is 2. The molecular formula is C24H18FN3O2S. The number of pyridine rings is 1. The van der Waals surface area contributed by atoms with Crippen LogP contribution in [0.1, 0.15) is 22.7 Å². The Morgan fingerprint density at radius 2 is 1.81 bits per heavy atom. The lowest BCUT2D eigenvalue weighted by Crippen LogP contribution is -2.23. The van der Waals surface area contributed by atoms with Gasteiger partial charge in [-0.1, -0.05) is 35.9 Å². The Labute approximate surface area is 181 Å². The molecule has 7 heteroatoms. The third kappa shape index (κ3) is 3.98. The summed E-state index contributed by atoms with van der Waals surface area (Å²) >= 11 is 0. The van der Waals surface area contributed by atoms with Gasteiger partial charge in [0.25, 0.3) is 0 Å². The number of nitrogens with zero attached hydrogens (tertiary/aromatic N) is 2. The highest BCUT2D eigenvalue weighted by Crippen LogP contribution is 2.44. The number of halogens is 1. The molecule has 154 valence electrons. The molecule has 2 N–H and O–H groups in total. The van der Waals surface area contributed by atoms with Gasteiger partial charge in [-0.3, -0.25) is 4.98 Å². The quantitative estimate of drug-likeness (QED) is 0.656. The lowest BCUT2D eigenvalue weighted by molar-refractivity contribution is 0.357. The fourth-order valence-corrected chi connectivity index (χ4v) is 4.79. The van der Waals surface area contributed by atoms with Crippen LogP contribution in [0.25, 0.3) is 5.76 Å². The Bertz CT molecular complexity index is 1240. The maximum Gasteiger partial charge on any atom is 0.205 e. The average molecular weight is 431 g/mol. The summed E-state index contributed by atoms with van der Waals surface area (Å²) in [5, 5.41) is 9.83. The van der Waals surface area contributed by atoms with Crippen molar-refractivity contribution >= 4 is 16.6 Å². The summed E-state index contributed by atoms with van der Waals surface area (Å²) in [6.07, 6.45) is 1.59. The molecule has 0 saturated carbocycles. The molecule has 0 unspecified atom stereocenters. The van der Waals surface area contributed by atoms with E-state index in [4.69, 9.17) is 10.5 Å². The molecule has 1 aliphatic heterocycles. The van der Waals surface area contributed by atoms with Crippen molar-refractivity contribution < 1.29 is 13.3 Å². The molecular weight excluding hydrogens is 413 g/mol. The van der Waals surface area contributed by atoms with E-state index in [9.17, 15) is 13.9 Å². The zero-order valence-electron chi connectivity index (χ0n) is 16.6. The van der Waals surface area contributed by atoms with Gasteiger partial charge in [-0.2, -0.15) is 5.26 Å². The first kappa shape index (κ1) is 20.5. The number of benzene rings is 2. The number of aromatic nitrogens is 1. The summed E-state index contributed by atoms with van der Waals surface area (Å²) in [6.45, 7) is 1.94. The van der Waals surface area contributed by atoms with Crippen LogP contribution in [0.5, 0.6) is 0 Å². The molecule has 1 aromatic heterocycles. The van der Waals surface area contributed by atoms with E-state index in [1.165, 1.54) is 12.1 Å². The van der Waals surface area contributed by atoms with Crippen LogP contribution in [-0.4, -0.2) is 9.19 Å². The van der Waals surface area contributed by atoms with Gasteiger partial charge in [0.15, 0.2) is 5.76 Å². The van der Waals surface area contributed by atoms with Crippen LogP contribution in [0.4, 0.5) is 4.39 Å². The number of nitriles is 1. The van der Waals surface area contributed by atoms with Gasteiger partial charge in [0.05, 0.1) is 21.6 Å². The van der Waals surface area contributed by atoms with Gasteiger partial charge in [-0.15, -0.1) is 0 Å². The lowest BCUT2D eigenvalue weighted by Gasteiger charge is -2.28. The van der Waals surface area contributed by atoms with Crippen LogP contribution >= 0.6 is 0 Å². The molecule has 1 aliphatic rings. The number of hydrogen-bond donors (Lipinski definition) is 1. The van der Waals surface area contributed by atoms with E-state index in [-0.39, 0.29) is 17.2 Å². The SMILES string of the molecule is Cc1ccc([S@@](=O)C2=C(c3ccccn3)OC(N)=C(C#N)[C@@H]2c2ccc(F)cc2)cc1. The Balaban J connectivity index is 1.99. The Kier molecular flexibility index (Phi) is 5.65. The van der Waals surface area contributed by atoms with Crippen LogP contribution < -0.4 is 5.73 Å². The van der Waals surface area contributed by atoms with E-state index in [2.05, 4.69) is 11.1 Å². The summed E-state index contributed by atoms with van der Waals surface area (Å²) in [5.74, 6) is -1.06. The summed E-state index contributed by atoms with van der Waals surface area (Å²) in [5.41, 5.74) is 8.25. The number of hydrogen-bond acceptors (Lipinski definition) is 5. The van der Waals surface area contributed by atoms with Crippen molar-refractivity contribution in [3.8, 4) is 6.07 Å². The molecule has 0 bridgehead atoms. The maximum absolute atomic E-state index is 13.8. The summed E-state index contributed by atoms with van der Waals surface area (Å²) in [6, 6.07) is 20.3. The fraction of sp³-hybridized carbons (Fsp3) is 0.0833. The van der Waals surface area contributed by atoms with Crippen molar-refractivity contribution in [1.82, 2.24) is 4.98 Å². The molecule has 0 fully saturated rings. The molecule has 2 heterocycles. The highest BCUT2D eigenvalue weighted by atomic mass is 32.2. The molecule has 0 saturated heterocycles. The number of rotatable bonds is 4. The average Bonchev–Trinajstić information content (AvgIpc) is 2.79. The van der Waals surface area contributed by atoms with Crippen molar-refractivity contribution in [3.05, 3.63) is 112 Å². The molecule has 3 aromatic rings. The van der Waals surface area contributed by atoms with Gasteiger partial charge in [0.2, 0.25) is 5.88 Å². The van der Waals surface area contributed by atoms with E-state index < -0.39 is 22.5 Å². The second-order valence-corrected chi connectivity index (χ2v) is 8.42. The minimum absolute atomic E-state index is 0.0952. The van der Waals surface area contributed by atoms with Crippen molar-refractivity contribution in [1.29, 1.82) is 5.26 Å². The lowest BCUT2D eigenvalue weighted by atomic mass is 9.89. The molecule has 0 radical (unpaired) electrons. The molecule has 31 heavy (non-hydrogen) atoms. The first-order valence-corrected chi connectivity index (χ1v) is 10.6. The Morgan fingerprint density at radius 3 is 2.42 bits per heavy atom. The van der Waals surface area contributed by atoms with Crippen LogP contribution in [0.2, 0.25) is 0 Å². The van der Waals surface area contributed by atoms with Gasteiger partial charge < -0.3 is 10.5 Å². The van der Waals surface area contributed by atoms with Crippen LogP contribution in [0.15, 0.2) is 94.2 Å². The van der Waals surface area contributed by atoms with Gasteiger partial charge in [-0.25, -0.2) is 8.60 Å². The zero-order valence-corrected chi connectivity index (χ0v) is 17.4. The van der Waals surface area contributed by atoms with E-state index >= 15 is 0 Å². The first-order chi connectivity index (χ1) is 15.0. The third-order valence-corrected chi connectivity index (χ3v) is 6.43. The Hall–Kier alpha value is -3.76. The first-order valence-electron chi connectivity index (χ1n) is 9.46. The van der Waals surface area contributed by atoms with Crippen LogP contribution in [0.3, 0.4) is 0 Å². The van der Waals surface area contributed by atoms with Gasteiger partial charge >= 0.3 is 0 Å². The Morgan fingerprint density at radius 1 is 1.10 bits per heavy atom. The largest absolute Gasteiger partial charge is 0.437 e. The highest BCUT2D eigenvalue weighted by molar-refractivity contribution is 7.89. The molecule has 2 atom stereocenters. The van der Waals surface area contributed by atoms with E-state index in [1.807, 2.05) is 19.1 Å². The van der Waals surface area contributed by atoms with Crippen molar-refractivity contribution in [2.24, 2.45) is 5.73 Å².